The molecule has 1 aliphatic heterocycles. The number of carboxylic acids is 1. The first-order valence-corrected chi connectivity index (χ1v) is 12.2. The maximum absolute atomic E-state index is 12.9. The van der Waals surface area contributed by atoms with Crippen LogP contribution < -0.4 is 5.69 Å². The van der Waals surface area contributed by atoms with E-state index in [4.69, 9.17) is 4.74 Å². The Hall–Kier alpha value is -4.34. The quantitative estimate of drug-likeness (QED) is 0.377. The number of hydrogen-bond donors (Lipinski definition) is 3. The van der Waals surface area contributed by atoms with Crippen LogP contribution in [0.15, 0.2) is 47.4 Å². The van der Waals surface area contributed by atoms with E-state index >= 15 is 0 Å². The lowest BCUT2D eigenvalue weighted by Gasteiger charge is -2.32. The third-order valence-corrected chi connectivity index (χ3v) is 7.04. The summed E-state index contributed by atoms with van der Waals surface area (Å²) in [5.41, 5.74) is 3.95. The minimum absolute atomic E-state index is 0.00874. The highest BCUT2D eigenvalue weighted by Crippen LogP contribution is 2.28. The lowest BCUT2D eigenvalue weighted by atomic mass is 10.0. The number of para-hydroxylation sites is 1. The van der Waals surface area contributed by atoms with Crippen molar-refractivity contribution in [3.8, 4) is 5.75 Å². The predicted octanol–water partition coefficient (Wildman–Crippen LogP) is 3.67. The van der Waals surface area contributed by atoms with Crippen LogP contribution in [0.5, 0.6) is 5.75 Å². The number of piperidine rings is 1. The van der Waals surface area contributed by atoms with E-state index in [1.807, 2.05) is 24.3 Å². The van der Waals surface area contributed by atoms with Gasteiger partial charge >= 0.3 is 17.8 Å². The summed E-state index contributed by atoms with van der Waals surface area (Å²) in [6.07, 6.45) is 0.665. The van der Waals surface area contributed by atoms with Crippen molar-refractivity contribution in [3.63, 3.8) is 0 Å². The number of likely N-dealkylation sites (tertiary alicyclic amines) is 1. The molecule has 192 valence electrons. The van der Waals surface area contributed by atoms with Crippen molar-refractivity contribution in [2.24, 2.45) is 0 Å². The van der Waals surface area contributed by atoms with Crippen molar-refractivity contribution in [2.45, 2.75) is 45.3 Å². The third kappa shape index (κ3) is 4.62. The predicted molar refractivity (Wildman–Crippen MR) is 137 cm³/mol. The summed E-state index contributed by atoms with van der Waals surface area (Å²) in [5.74, 6) is -1.08. The molecule has 1 aliphatic rings. The van der Waals surface area contributed by atoms with E-state index in [9.17, 15) is 24.6 Å². The van der Waals surface area contributed by atoms with Crippen molar-refractivity contribution in [1.29, 1.82) is 0 Å². The van der Waals surface area contributed by atoms with Gasteiger partial charge in [-0.2, -0.15) is 0 Å². The Balaban J connectivity index is 1.27. The lowest BCUT2D eigenvalue weighted by Crippen LogP contribution is -2.43. The van der Waals surface area contributed by atoms with Crippen LogP contribution in [0.4, 0.5) is 4.79 Å². The number of aromatic hydroxyl groups is 1. The summed E-state index contributed by atoms with van der Waals surface area (Å²) in [6, 6.07) is 10.9. The van der Waals surface area contributed by atoms with Crippen molar-refractivity contribution >= 4 is 34.0 Å². The first-order chi connectivity index (χ1) is 17.7. The van der Waals surface area contributed by atoms with Gasteiger partial charge < -0.3 is 24.8 Å². The molecule has 10 heteroatoms. The largest absolute Gasteiger partial charge is 0.507 e. The number of rotatable bonds is 5. The number of pyridine rings is 1. The Bertz CT molecular complexity index is 1540. The van der Waals surface area contributed by atoms with Crippen LogP contribution in [0.25, 0.3) is 21.9 Å². The molecule has 3 N–H and O–H groups in total. The molecule has 4 aromatic rings. The van der Waals surface area contributed by atoms with Crippen LogP contribution in [0.3, 0.4) is 0 Å². The molecule has 2 aromatic heterocycles. The van der Waals surface area contributed by atoms with Gasteiger partial charge in [-0.25, -0.2) is 14.4 Å². The van der Waals surface area contributed by atoms with Crippen LogP contribution in [0.1, 0.15) is 35.6 Å². The molecule has 0 spiro atoms. The number of H-pyrrole nitrogens is 1. The number of carbonyl (C=O) groups is 2. The highest BCUT2D eigenvalue weighted by molar-refractivity contribution is 6.01. The number of fused-ring (bicyclic) bond motifs is 3. The molecule has 1 amide bonds. The summed E-state index contributed by atoms with van der Waals surface area (Å²) in [5, 5.41) is 20.5. The smallest absolute Gasteiger partial charge is 0.410 e. The molecule has 0 aliphatic carbocycles. The number of amides is 1. The van der Waals surface area contributed by atoms with Crippen LogP contribution in [0, 0.1) is 13.8 Å². The molecular weight excluding hydrogens is 476 g/mol. The highest BCUT2D eigenvalue weighted by atomic mass is 16.6. The maximum Gasteiger partial charge on any atom is 0.410 e. The molecule has 0 saturated carbocycles. The number of phenols is 1. The average molecular weight is 505 g/mol. The molecule has 10 nitrogen and oxygen atoms in total. The van der Waals surface area contributed by atoms with Crippen molar-refractivity contribution in [2.75, 3.05) is 13.1 Å². The number of carboxylic acid groups (broad SMARTS) is 1. The molecule has 0 bridgehead atoms. The molecule has 3 heterocycles. The highest BCUT2D eigenvalue weighted by Gasteiger charge is 2.30. The number of aliphatic carboxylic acids is 1. The second-order valence-electron chi connectivity index (χ2n) is 9.55. The lowest BCUT2D eigenvalue weighted by molar-refractivity contribution is -0.147. The topological polar surface area (TPSA) is 138 Å². The second kappa shape index (κ2) is 9.61. The van der Waals surface area contributed by atoms with Gasteiger partial charge in [0.25, 0.3) is 0 Å². The van der Waals surface area contributed by atoms with Crippen molar-refractivity contribution < 1.29 is 24.5 Å². The van der Waals surface area contributed by atoms with E-state index in [0.717, 1.165) is 21.9 Å². The number of phenolic OH excluding ortho intramolecular Hbond substituents is 1. The van der Waals surface area contributed by atoms with Crippen LogP contribution >= 0.6 is 0 Å². The number of aromatic amines is 1. The minimum Gasteiger partial charge on any atom is -0.507 e. The first-order valence-electron chi connectivity index (χ1n) is 12.2. The number of carbonyl (C=O) groups excluding carboxylic acids is 1. The molecule has 2 aromatic carbocycles. The fourth-order valence-electron chi connectivity index (χ4n) is 5.14. The standard InChI is InChI=1S/C27H28N4O6/c1-15-11-17(12-16(2)24(15)32)13-22(25(33)34)37-27(36)30-9-7-18(8-10-30)31-21-14-28-20-6-4-3-5-19(20)23(21)29-26(31)35/h3-6,11-12,14,18,22,32H,7-10,13H2,1-2H3,(H,29,35)(H,33,34). The number of imidazole rings is 1. The SMILES string of the molecule is Cc1cc(CC(OC(=O)N2CCC(n3c(=O)[nH]c4c5ccccc5ncc43)CC2)C(=O)O)cc(C)c1O. The first kappa shape index (κ1) is 24.4. The monoisotopic (exact) mass is 504 g/mol. The summed E-state index contributed by atoms with van der Waals surface area (Å²) in [6.45, 7) is 4.12. The van der Waals surface area contributed by atoms with E-state index in [2.05, 4.69) is 9.97 Å². The minimum atomic E-state index is -1.36. The Kier molecular flexibility index (Phi) is 6.32. The normalized spacial score (nSPS) is 15.2. The average Bonchev–Trinajstić information content (AvgIpc) is 3.23. The number of benzene rings is 2. The number of hydrogen-bond acceptors (Lipinski definition) is 6. The zero-order valence-electron chi connectivity index (χ0n) is 20.6. The molecule has 1 atom stereocenters. The van der Waals surface area contributed by atoms with Crippen LogP contribution in [0.2, 0.25) is 0 Å². The number of nitrogens with zero attached hydrogens (tertiary/aromatic N) is 3. The summed E-state index contributed by atoms with van der Waals surface area (Å²) in [7, 11) is 0. The van der Waals surface area contributed by atoms with Gasteiger partial charge in [-0.05, 0) is 49.4 Å². The van der Waals surface area contributed by atoms with Crippen molar-refractivity contribution in [1.82, 2.24) is 19.4 Å². The van der Waals surface area contributed by atoms with Gasteiger partial charge in [0.1, 0.15) is 5.75 Å². The molecule has 1 fully saturated rings. The number of aromatic nitrogens is 3. The molecule has 1 saturated heterocycles. The fourth-order valence-corrected chi connectivity index (χ4v) is 5.14. The summed E-state index contributed by atoms with van der Waals surface area (Å²) < 4.78 is 7.08. The fraction of sp³-hybridized carbons (Fsp3) is 0.333. The molecule has 1 unspecified atom stereocenters. The number of nitrogens with one attached hydrogen (secondary N) is 1. The Labute approximate surface area is 212 Å². The van der Waals surface area contributed by atoms with E-state index in [-0.39, 0.29) is 23.9 Å². The Morgan fingerprint density at radius 3 is 2.51 bits per heavy atom. The van der Waals surface area contributed by atoms with Crippen molar-refractivity contribution in [3.05, 3.63) is 69.8 Å². The van der Waals surface area contributed by atoms with Gasteiger partial charge in [0.15, 0.2) is 0 Å². The molecule has 37 heavy (non-hydrogen) atoms. The zero-order valence-corrected chi connectivity index (χ0v) is 20.6. The van der Waals surface area contributed by atoms with Gasteiger partial charge in [-0.3, -0.25) is 9.55 Å². The van der Waals surface area contributed by atoms with Gasteiger partial charge in [0, 0.05) is 30.9 Å². The van der Waals surface area contributed by atoms with E-state index in [1.165, 1.54) is 4.90 Å². The Morgan fingerprint density at radius 2 is 1.84 bits per heavy atom. The number of ether oxygens (including phenoxy) is 1. The van der Waals surface area contributed by atoms with E-state index < -0.39 is 18.2 Å². The van der Waals surface area contributed by atoms with Gasteiger partial charge in [-0.1, -0.05) is 30.3 Å². The molecule has 0 radical (unpaired) electrons. The second-order valence-corrected chi connectivity index (χ2v) is 9.55. The Morgan fingerprint density at radius 1 is 1.16 bits per heavy atom. The van der Waals surface area contributed by atoms with Crippen LogP contribution in [-0.4, -0.2) is 60.9 Å². The maximum atomic E-state index is 12.9. The summed E-state index contributed by atoms with van der Waals surface area (Å²) >= 11 is 0. The van der Waals surface area contributed by atoms with Gasteiger partial charge in [0.05, 0.1) is 22.7 Å². The third-order valence-electron chi connectivity index (χ3n) is 7.04. The molecule has 5 rings (SSSR count). The number of aryl methyl sites for hydroxylation is 2. The van der Waals surface area contributed by atoms with Crippen LogP contribution in [-0.2, 0) is 16.0 Å². The van der Waals surface area contributed by atoms with Gasteiger partial charge in [0.2, 0.25) is 6.10 Å². The van der Waals surface area contributed by atoms with E-state index in [0.29, 0.717) is 42.6 Å². The van der Waals surface area contributed by atoms with Gasteiger partial charge in [-0.15, -0.1) is 0 Å². The van der Waals surface area contributed by atoms with E-state index in [1.54, 1.807) is 36.7 Å². The molecular formula is C27H28N4O6. The summed E-state index contributed by atoms with van der Waals surface area (Å²) in [4.78, 5) is 46.4. The zero-order chi connectivity index (χ0) is 26.3.